The van der Waals surface area contributed by atoms with Crippen LogP contribution in [0.15, 0.2) is 12.2 Å². The highest BCUT2D eigenvalue weighted by Crippen LogP contribution is 2.34. The fraction of sp³-hybridized carbons (Fsp3) is 0.966. The largest absolute Gasteiger partial charge is 0.394 e. The molecule has 0 aromatic heterocycles. The zero-order valence-corrected chi connectivity index (χ0v) is 67.7. The van der Waals surface area contributed by atoms with Crippen molar-refractivity contribution in [3.8, 4) is 0 Å². The molecule has 3 aliphatic rings. The smallest absolute Gasteiger partial charge is 0.220 e. The normalized spacial score (nSPS) is 25.6. The van der Waals surface area contributed by atoms with E-state index in [1.54, 1.807) is 6.08 Å². The van der Waals surface area contributed by atoms with Crippen molar-refractivity contribution in [1.29, 1.82) is 0 Å². The number of allylic oxidation sites excluding steroid dienone is 1. The highest BCUT2D eigenvalue weighted by atomic mass is 16.8. The van der Waals surface area contributed by atoms with Crippen LogP contribution in [0.3, 0.4) is 0 Å². The molecule has 17 unspecified atom stereocenters. The minimum absolute atomic E-state index is 0.251. The fourth-order valence-corrected chi connectivity index (χ4v) is 15.7. The lowest BCUT2D eigenvalue weighted by Crippen LogP contribution is -2.66. The summed E-state index contributed by atoms with van der Waals surface area (Å²) in [6.45, 7) is 1.82. The number of aliphatic hydroxyl groups excluding tert-OH is 11. The molecule has 19 heteroatoms. The number of nitrogens with one attached hydrogen (secondary N) is 1. The molecule has 0 bridgehead atoms. The fourth-order valence-electron chi connectivity index (χ4n) is 15.7. The summed E-state index contributed by atoms with van der Waals surface area (Å²) in [5, 5.41) is 121. The second-order valence-electron chi connectivity index (χ2n) is 32.4. The molecule has 19 nitrogen and oxygen atoms in total. The maximum Gasteiger partial charge on any atom is 0.220 e. The summed E-state index contributed by atoms with van der Waals surface area (Å²) in [5.41, 5.74) is 0. The van der Waals surface area contributed by atoms with Gasteiger partial charge in [-0.2, -0.15) is 0 Å². The van der Waals surface area contributed by atoms with Crippen LogP contribution in [-0.4, -0.2) is 193 Å². The molecule has 0 radical (unpaired) electrons. The van der Waals surface area contributed by atoms with Crippen LogP contribution in [0.4, 0.5) is 0 Å². The van der Waals surface area contributed by atoms with Gasteiger partial charge in [0.1, 0.15) is 73.2 Å². The average Bonchev–Trinajstić information content (AvgIpc) is 0.781. The predicted octanol–water partition coefficient (Wildman–Crippen LogP) is 16.7. The van der Waals surface area contributed by atoms with Gasteiger partial charge in [0.15, 0.2) is 18.9 Å². The second-order valence-corrected chi connectivity index (χ2v) is 32.4. The van der Waals surface area contributed by atoms with E-state index in [4.69, 9.17) is 28.4 Å². The standard InChI is InChI=1S/C87H167NO18/c1-3-5-7-9-11-13-15-17-19-21-23-25-27-29-31-33-34-35-37-39-41-43-45-47-49-51-53-55-57-59-61-63-65-75(93)88-70(71(92)64-62-60-58-56-54-52-50-48-46-44-42-40-38-36-32-30-28-26-24-22-20-18-16-14-12-10-8-6-4-2)69-101-85-81(99)78(96)83(73(67-90)103-85)106-87-82(100)79(97)84(74(68-91)104-87)105-86-80(98)77(95)76(94)72(66-89)102-86/h62,64,70-74,76-87,89-92,94-100H,3-61,63,65-69H2,1-2H3,(H,88,93)/b64-62+. The van der Waals surface area contributed by atoms with E-state index in [0.717, 1.165) is 44.9 Å². The van der Waals surface area contributed by atoms with E-state index in [9.17, 15) is 61.0 Å². The Bertz CT molecular complexity index is 1960. The SMILES string of the molecule is CCCCCCCCCCCCCCCCCCCCCCCCCCCCC/C=C/C(O)C(COC1OC(CO)C(OC2OC(CO)C(OC3OC(CO)C(O)C(O)C3O)C(O)C2O)C(O)C1O)NC(=O)CCCCCCCCCCCCCCCCCCCCCCCCCCCCCCCCCC. The Hall–Kier alpha value is -1.47. The first-order valence-electron chi connectivity index (χ1n) is 44.9. The lowest BCUT2D eigenvalue weighted by atomic mass is 9.96. The van der Waals surface area contributed by atoms with Crippen LogP contribution in [-0.2, 0) is 33.2 Å². The Morgan fingerprint density at radius 2 is 0.585 bits per heavy atom. The molecule has 3 aliphatic heterocycles. The van der Waals surface area contributed by atoms with Gasteiger partial charge in [-0.05, 0) is 19.3 Å². The van der Waals surface area contributed by atoms with E-state index in [0.29, 0.717) is 6.42 Å². The molecule has 628 valence electrons. The lowest BCUT2D eigenvalue weighted by molar-refractivity contribution is -0.379. The average molecular weight is 1520 g/mol. The summed E-state index contributed by atoms with van der Waals surface area (Å²) in [6, 6.07) is -0.971. The number of amides is 1. The van der Waals surface area contributed by atoms with Crippen molar-refractivity contribution in [2.45, 2.75) is 510 Å². The number of hydrogen-bond acceptors (Lipinski definition) is 18. The number of carbonyl (C=O) groups excluding carboxylic acids is 1. The molecule has 17 atom stereocenters. The van der Waals surface area contributed by atoms with E-state index in [1.807, 2.05) is 6.08 Å². The van der Waals surface area contributed by atoms with Crippen LogP contribution in [0, 0.1) is 0 Å². The zero-order chi connectivity index (χ0) is 76.7. The third kappa shape index (κ3) is 46.6. The molecule has 12 N–H and O–H groups in total. The molecule has 0 aliphatic carbocycles. The molecule has 0 aromatic carbocycles. The second kappa shape index (κ2) is 68.0. The van der Waals surface area contributed by atoms with Crippen molar-refractivity contribution < 1.29 is 89.4 Å². The van der Waals surface area contributed by atoms with Gasteiger partial charge in [0.05, 0.1) is 38.6 Å². The first-order chi connectivity index (χ1) is 51.8. The van der Waals surface area contributed by atoms with Gasteiger partial charge in [0.2, 0.25) is 5.91 Å². The molecular formula is C87H167NO18. The number of rotatable bonds is 74. The molecule has 106 heavy (non-hydrogen) atoms. The summed E-state index contributed by atoms with van der Waals surface area (Å²) in [6.07, 6.45) is 56.5. The molecular weight excluding hydrogens is 1350 g/mol. The zero-order valence-electron chi connectivity index (χ0n) is 67.7. The molecule has 0 aromatic rings. The van der Waals surface area contributed by atoms with Crippen LogP contribution < -0.4 is 5.32 Å². The van der Waals surface area contributed by atoms with Crippen LogP contribution in [0.1, 0.15) is 406 Å². The van der Waals surface area contributed by atoms with Gasteiger partial charge in [0.25, 0.3) is 0 Å². The number of aliphatic hydroxyl groups is 11. The minimum Gasteiger partial charge on any atom is -0.394 e. The van der Waals surface area contributed by atoms with Crippen LogP contribution in [0.5, 0.6) is 0 Å². The van der Waals surface area contributed by atoms with Crippen LogP contribution in [0.2, 0.25) is 0 Å². The summed E-state index contributed by atoms with van der Waals surface area (Å²) < 4.78 is 34.5. The van der Waals surface area contributed by atoms with Crippen molar-refractivity contribution in [2.75, 3.05) is 26.4 Å². The highest BCUT2D eigenvalue weighted by Gasteiger charge is 2.54. The summed E-state index contributed by atoms with van der Waals surface area (Å²) >= 11 is 0. The van der Waals surface area contributed by atoms with E-state index in [1.165, 1.54) is 334 Å². The number of ether oxygens (including phenoxy) is 6. The summed E-state index contributed by atoms with van der Waals surface area (Å²) in [4.78, 5) is 13.5. The lowest BCUT2D eigenvalue weighted by Gasteiger charge is -2.48. The van der Waals surface area contributed by atoms with Gasteiger partial charge >= 0.3 is 0 Å². The highest BCUT2D eigenvalue weighted by molar-refractivity contribution is 5.76. The van der Waals surface area contributed by atoms with Gasteiger partial charge < -0.3 is 89.9 Å². The van der Waals surface area contributed by atoms with Crippen LogP contribution in [0.25, 0.3) is 0 Å². The van der Waals surface area contributed by atoms with E-state index >= 15 is 0 Å². The first-order valence-corrected chi connectivity index (χ1v) is 44.9. The quantitative estimate of drug-likeness (QED) is 0.0199. The van der Waals surface area contributed by atoms with Crippen molar-refractivity contribution >= 4 is 5.91 Å². The Morgan fingerprint density at radius 3 is 0.887 bits per heavy atom. The summed E-state index contributed by atoms with van der Waals surface area (Å²) in [7, 11) is 0. The topological polar surface area (TPSA) is 307 Å². The molecule has 3 heterocycles. The maximum absolute atomic E-state index is 13.5. The molecule has 3 rings (SSSR count). The molecule has 3 fully saturated rings. The van der Waals surface area contributed by atoms with Crippen molar-refractivity contribution in [3.05, 3.63) is 12.2 Å². The van der Waals surface area contributed by atoms with E-state index in [-0.39, 0.29) is 18.9 Å². The van der Waals surface area contributed by atoms with Gasteiger partial charge in [0, 0.05) is 6.42 Å². The minimum atomic E-state index is -1.98. The van der Waals surface area contributed by atoms with Crippen molar-refractivity contribution in [3.63, 3.8) is 0 Å². The van der Waals surface area contributed by atoms with Crippen molar-refractivity contribution in [1.82, 2.24) is 5.32 Å². The van der Waals surface area contributed by atoms with Crippen LogP contribution >= 0.6 is 0 Å². The molecule has 1 amide bonds. The van der Waals surface area contributed by atoms with Gasteiger partial charge in [-0.1, -0.05) is 392 Å². The third-order valence-corrected chi connectivity index (χ3v) is 22.8. The number of carbonyl (C=O) groups is 1. The Morgan fingerprint density at radius 1 is 0.330 bits per heavy atom. The Balaban J connectivity index is 1.33. The predicted molar refractivity (Wildman–Crippen MR) is 425 cm³/mol. The van der Waals surface area contributed by atoms with Gasteiger partial charge in [-0.15, -0.1) is 0 Å². The Kier molecular flexibility index (Phi) is 63.3. The van der Waals surface area contributed by atoms with E-state index < -0.39 is 124 Å². The maximum atomic E-state index is 13.5. The third-order valence-electron chi connectivity index (χ3n) is 22.8. The van der Waals surface area contributed by atoms with E-state index in [2.05, 4.69) is 19.2 Å². The monoisotopic (exact) mass is 1510 g/mol. The summed E-state index contributed by atoms with van der Waals surface area (Å²) in [5.74, 6) is -0.265. The Labute approximate surface area is 646 Å². The van der Waals surface area contributed by atoms with Crippen molar-refractivity contribution in [2.24, 2.45) is 0 Å². The van der Waals surface area contributed by atoms with Gasteiger partial charge in [-0.3, -0.25) is 4.79 Å². The number of unbranched alkanes of at least 4 members (excludes halogenated alkanes) is 58. The molecule has 3 saturated heterocycles. The first kappa shape index (κ1) is 98.7. The molecule has 0 spiro atoms. The number of hydrogen-bond donors (Lipinski definition) is 12. The van der Waals surface area contributed by atoms with Gasteiger partial charge in [-0.25, -0.2) is 0 Å². The molecule has 0 saturated carbocycles.